The number of hydrogen-bond donors (Lipinski definition) is 3. The van der Waals surface area contributed by atoms with Gasteiger partial charge in [0.15, 0.2) is 5.13 Å². The van der Waals surface area contributed by atoms with E-state index in [-0.39, 0.29) is 23.2 Å². The topological polar surface area (TPSA) is 108 Å². The number of hydrogen-bond acceptors (Lipinski definition) is 6. The third-order valence-corrected chi connectivity index (χ3v) is 3.82. The first-order valence-corrected chi connectivity index (χ1v) is 8.60. The number of carbonyl (C=O) groups is 1. The summed E-state index contributed by atoms with van der Waals surface area (Å²) < 4.78 is 24.4. The van der Waals surface area contributed by atoms with Gasteiger partial charge in [0.2, 0.25) is 15.9 Å². The van der Waals surface area contributed by atoms with Gasteiger partial charge < -0.3 is 10.4 Å². The molecule has 1 aromatic heterocycles. The molecule has 0 saturated heterocycles. The predicted molar refractivity (Wildman–Crippen MR) is 81.0 cm³/mol. The van der Waals surface area contributed by atoms with Crippen LogP contribution in [-0.4, -0.2) is 30.7 Å². The molecule has 7 nitrogen and oxygen atoms in total. The zero-order valence-corrected chi connectivity index (χ0v) is 12.7. The largest absolute Gasteiger partial charge is 0.508 e. The van der Waals surface area contributed by atoms with E-state index < -0.39 is 10.0 Å². The van der Waals surface area contributed by atoms with Crippen LogP contribution in [0.4, 0.5) is 10.8 Å². The monoisotopic (exact) mass is 327 g/mol. The van der Waals surface area contributed by atoms with Crippen molar-refractivity contribution in [2.24, 2.45) is 0 Å². The zero-order valence-electron chi connectivity index (χ0n) is 11.0. The smallest absolute Gasteiger partial charge is 0.231 e. The normalized spacial score (nSPS) is 11.1. The minimum atomic E-state index is -3.37. The van der Waals surface area contributed by atoms with Crippen LogP contribution in [0.5, 0.6) is 5.75 Å². The third-order valence-electron chi connectivity index (χ3n) is 2.32. The molecular weight excluding hydrogens is 314 g/mol. The number of aromatic nitrogens is 1. The molecule has 0 radical (unpaired) electrons. The molecule has 112 valence electrons. The van der Waals surface area contributed by atoms with Crippen LogP contribution in [0, 0.1) is 0 Å². The summed E-state index contributed by atoms with van der Waals surface area (Å²) in [6, 6.07) is 6.08. The number of carbonyl (C=O) groups excluding carboxylic acids is 1. The van der Waals surface area contributed by atoms with Gasteiger partial charge in [0.25, 0.3) is 0 Å². The molecule has 3 N–H and O–H groups in total. The molecule has 9 heteroatoms. The molecule has 0 aliphatic carbocycles. The minimum Gasteiger partial charge on any atom is -0.508 e. The van der Waals surface area contributed by atoms with Crippen LogP contribution in [0.2, 0.25) is 0 Å². The fourth-order valence-electron chi connectivity index (χ4n) is 1.51. The van der Waals surface area contributed by atoms with Crippen molar-refractivity contribution in [3.8, 4) is 5.75 Å². The Hall–Kier alpha value is -2.13. The summed E-state index contributed by atoms with van der Waals surface area (Å²) >= 11 is 1.11. The molecule has 0 spiro atoms. The molecule has 1 aromatic carbocycles. The standard InChI is InChI=1S/C12H13N3O4S2/c1-21(18,19)15-12-14-9(7-20-12)6-11(17)13-8-2-4-10(16)5-3-8/h2-5,7,16H,6H2,1H3,(H,13,17)(H,14,15). The van der Waals surface area contributed by atoms with Crippen LogP contribution in [0.3, 0.4) is 0 Å². The third kappa shape index (κ3) is 5.04. The van der Waals surface area contributed by atoms with Gasteiger partial charge in [0.1, 0.15) is 5.75 Å². The van der Waals surface area contributed by atoms with E-state index >= 15 is 0 Å². The summed E-state index contributed by atoms with van der Waals surface area (Å²) in [6.07, 6.45) is 1.06. The molecule has 0 bridgehead atoms. The number of phenolic OH excluding ortho intramolecular Hbond substituents is 1. The summed E-state index contributed by atoms with van der Waals surface area (Å²) in [6.45, 7) is 0. The first-order valence-electron chi connectivity index (χ1n) is 5.83. The van der Waals surface area contributed by atoms with Crippen LogP contribution in [0.15, 0.2) is 29.6 Å². The zero-order chi connectivity index (χ0) is 15.5. The Labute approximate surface area is 125 Å². The highest BCUT2D eigenvalue weighted by Crippen LogP contribution is 2.18. The highest BCUT2D eigenvalue weighted by molar-refractivity contribution is 7.92. The van der Waals surface area contributed by atoms with Crippen molar-refractivity contribution in [3.05, 3.63) is 35.3 Å². The van der Waals surface area contributed by atoms with Crippen molar-refractivity contribution in [2.45, 2.75) is 6.42 Å². The molecule has 0 saturated carbocycles. The van der Waals surface area contributed by atoms with Crippen molar-refractivity contribution in [2.75, 3.05) is 16.3 Å². The molecule has 0 fully saturated rings. The number of nitrogens with one attached hydrogen (secondary N) is 2. The highest BCUT2D eigenvalue weighted by atomic mass is 32.2. The molecule has 21 heavy (non-hydrogen) atoms. The van der Waals surface area contributed by atoms with Gasteiger partial charge in [-0.3, -0.25) is 9.52 Å². The average Bonchev–Trinajstić information content (AvgIpc) is 2.77. The van der Waals surface area contributed by atoms with E-state index in [1.54, 1.807) is 17.5 Å². The van der Waals surface area contributed by atoms with Crippen LogP contribution in [-0.2, 0) is 21.2 Å². The number of anilines is 2. The van der Waals surface area contributed by atoms with E-state index in [2.05, 4.69) is 15.0 Å². The van der Waals surface area contributed by atoms with E-state index in [9.17, 15) is 13.2 Å². The fourth-order valence-corrected chi connectivity index (χ4v) is 3.07. The van der Waals surface area contributed by atoms with Gasteiger partial charge in [0, 0.05) is 11.1 Å². The van der Waals surface area contributed by atoms with Gasteiger partial charge in [-0.05, 0) is 24.3 Å². The first-order chi connectivity index (χ1) is 9.82. The molecule has 0 unspecified atom stereocenters. The van der Waals surface area contributed by atoms with Crippen LogP contribution < -0.4 is 10.0 Å². The van der Waals surface area contributed by atoms with E-state index in [0.717, 1.165) is 17.6 Å². The average molecular weight is 327 g/mol. The van der Waals surface area contributed by atoms with Gasteiger partial charge in [0.05, 0.1) is 18.4 Å². The van der Waals surface area contributed by atoms with Crippen molar-refractivity contribution in [3.63, 3.8) is 0 Å². The number of nitrogens with zero attached hydrogens (tertiary/aromatic N) is 1. The second kappa shape index (κ2) is 6.10. The van der Waals surface area contributed by atoms with E-state index in [4.69, 9.17) is 5.11 Å². The molecule has 1 heterocycles. The molecule has 1 amide bonds. The first kappa shape index (κ1) is 15.3. The maximum absolute atomic E-state index is 11.8. The highest BCUT2D eigenvalue weighted by Gasteiger charge is 2.10. The predicted octanol–water partition coefficient (Wildman–Crippen LogP) is 1.40. The molecule has 2 aromatic rings. The molecule has 0 atom stereocenters. The maximum Gasteiger partial charge on any atom is 0.231 e. The van der Waals surface area contributed by atoms with Crippen LogP contribution in [0.25, 0.3) is 0 Å². The number of phenols is 1. The van der Waals surface area contributed by atoms with Gasteiger partial charge >= 0.3 is 0 Å². The quantitative estimate of drug-likeness (QED) is 0.719. The Morgan fingerprint density at radius 1 is 1.33 bits per heavy atom. The van der Waals surface area contributed by atoms with Gasteiger partial charge in [-0.15, -0.1) is 11.3 Å². The van der Waals surface area contributed by atoms with Crippen LogP contribution in [0.1, 0.15) is 5.69 Å². The maximum atomic E-state index is 11.8. The summed E-state index contributed by atoms with van der Waals surface area (Å²) in [7, 11) is -3.37. The Morgan fingerprint density at radius 2 is 2.00 bits per heavy atom. The lowest BCUT2D eigenvalue weighted by molar-refractivity contribution is -0.115. The molecule has 2 rings (SSSR count). The minimum absolute atomic E-state index is 0.0306. The van der Waals surface area contributed by atoms with Gasteiger partial charge in [-0.25, -0.2) is 13.4 Å². The Bertz CT molecular complexity index is 738. The van der Waals surface area contributed by atoms with Gasteiger partial charge in [-0.1, -0.05) is 0 Å². The molecular formula is C12H13N3O4S2. The number of amides is 1. The lowest BCUT2D eigenvalue weighted by Gasteiger charge is -2.03. The van der Waals surface area contributed by atoms with Crippen LogP contribution >= 0.6 is 11.3 Å². The van der Waals surface area contributed by atoms with Crippen molar-refractivity contribution >= 4 is 38.1 Å². The lowest BCUT2D eigenvalue weighted by Crippen LogP contribution is -2.14. The summed E-state index contributed by atoms with van der Waals surface area (Å²) in [5, 5.41) is 13.6. The molecule has 0 aliphatic heterocycles. The van der Waals surface area contributed by atoms with E-state index in [1.165, 1.54) is 12.1 Å². The van der Waals surface area contributed by atoms with E-state index in [1.807, 2.05) is 0 Å². The fraction of sp³-hybridized carbons (Fsp3) is 0.167. The SMILES string of the molecule is CS(=O)(=O)Nc1nc(CC(=O)Nc2ccc(O)cc2)cs1. The van der Waals surface area contributed by atoms with Crippen molar-refractivity contribution in [1.29, 1.82) is 0 Å². The second-order valence-electron chi connectivity index (χ2n) is 4.29. The Balaban J connectivity index is 1.95. The van der Waals surface area contributed by atoms with Gasteiger partial charge in [-0.2, -0.15) is 0 Å². The van der Waals surface area contributed by atoms with Crippen molar-refractivity contribution in [1.82, 2.24) is 4.98 Å². The summed E-state index contributed by atoms with van der Waals surface area (Å²) in [4.78, 5) is 15.8. The number of thiazole rings is 1. The summed E-state index contributed by atoms with van der Waals surface area (Å²) in [5.74, 6) is -0.166. The number of aromatic hydroxyl groups is 1. The number of rotatable bonds is 5. The van der Waals surface area contributed by atoms with E-state index in [0.29, 0.717) is 11.4 Å². The Morgan fingerprint density at radius 3 is 2.62 bits per heavy atom. The number of sulfonamides is 1. The lowest BCUT2D eigenvalue weighted by atomic mass is 10.2. The Kier molecular flexibility index (Phi) is 4.43. The second-order valence-corrected chi connectivity index (χ2v) is 6.90. The number of benzene rings is 1. The van der Waals surface area contributed by atoms with Crippen molar-refractivity contribution < 1.29 is 18.3 Å². The molecule has 0 aliphatic rings. The summed E-state index contributed by atoms with van der Waals surface area (Å²) in [5.41, 5.74) is 1.03.